The van der Waals surface area contributed by atoms with Gasteiger partial charge in [0.25, 0.3) is 5.92 Å². The van der Waals surface area contributed by atoms with Gasteiger partial charge >= 0.3 is 0 Å². The number of nitrogens with zero attached hydrogens (tertiary/aromatic N) is 3. The highest BCUT2D eigenvalue weighted by molar-refractivity contribution is 6.31. The second-order valence-corrected chi connectivity index (χ2v) is 7.64. The number of hydrogen-bond acceptors (Lipinski definition) is 6. The molecule has 0 saturated carbocycles. The molecule has 1 aliphatic rings. The number of nitrogens with two attached hydrogens (primary N) is 1. The van der Waals surface area contributed by atoms with Crippen LogP contribution < -0.4 is 11.1 Å². The van der Waals surface area contributed by atoms with E-state index in [2.05, 4.69) is 15.3 Å². The monoisotopic (exact) mass is 437 g/mol. The molecule has 3 aromatic rings. The van der Waals surface area contributed by atoms with Crippen molar-refractivity contribution in [2.45, 2.75) is 24.9 Å². The minimum atomic E-state index is -3.04. The van der Waals surface area contributed by atoms with Crippen LogP contribution in [0.5, 0.6) is 0 Å². The van der Waals surface area contributed by atoms with Gasteiger partial charge in [-0.2, -0.15) is 0 Å². The molecule has 160 valence electrons. The van der Waals surface area contributed by atoms with Gasteiger partial charge < -0.3 is 25.1 Å². The van der Waals surface area contributed by atoms with E-state index in [1.54, 1.807) is 35.2 Å². The maximum absolute atomic E-state index is 14.9. The van der Waals surface area contributed by atoms with E-state index in [1.165, 1.54) is 7.11 Å². The summed E-state index contributed by atoms with van der Waals surface area (Å²) in [5.74, 6) is -2.59. The molecule has 1 saturated heterocycles. The molecule has 0 spiro atoms. The van der Waals surface area contributed by atoms with Gasteiger partial charge in [0, 0.05) is 30.3 Å². The molecule has 30 heavy (non-hydrogen) atoms. The maximum Gasteiger partial charge on any atom is 0.291 e. The van der Waals surface area contributed by atoms with Crippen LogP contribution in [0.2, 0.25) is 5.02 Å². The lowest BCUT2D eigenvalue weighted by Gasteiger charge is -2.33. The summed E-state index contributed by atoms with van der Waals surface area (Å²) in [5, 5.41) is 4.22. The number of benzene rings is 1. The number of hydrogen-bond donors (Lipinski definition) is 2. The van der Waals surface area contributed by atoms with Gasteiger partial charge in [0.1, 0.15) is 24.0 Å². The van der Waals surface area contributed by atoms with Crippen LogP contribution in [0.4, 0.5) is 8.78 Å². The molecule has 0 amide bonds. The van der Waals surface area contributed by atoms with Gasteiger partial charge in [0.15, 0.2) is 0 Å². The van der Waals surface area contributed by atoms with Crippen molar-refractivity contribution in [3.05, 3.63) is 47.1 Å². The summed E-state index contributed by atoms with van der Waals surface area (Å²) >= 11 is 6.20. The summed E-state index contributed by atoms with van der Waals surface area (Å²) in [6.07, 6.45) is 3.35. The number of pyridine rings is 1. The zero-order valence-electron chi connectivity index (χ0n) is 16.4. The van der Waals surface area contributed by atoms with Crippen molar-refractivity contribution in [1.82, 2.24) is 19.9 Å². The summed E-state index contributed by atoms with van der Waals surface area (Å²) in [7, 11) is 1.54. The van der Waals surface area contributed by atoms with Gasteiger partial charge in [0.05, 0.1) is 36.1 Å². The molecule has 3 heterocycles. The molecule has 0 bridgehead atoms. The number of halogens is 3. The number of fused-ring (bicyclic) bond motifs is 3. The quantitative estimate of drug-likeness (QED) is 0.614. The smallest absolute Gasteiger partial charge is 0.291 e. The zero-order chi connectivity index (χ0) is 21.3. The predicted molar refractivity (Wildman–Crippen MR) is 110 cm³/mol. The molecule has 1 fully saturated rings. The first kappa shape index (κ1) is 20.8. The first-order chi connectivity index (χ1) is 14.4. The lowest BCUT2D eigenvalue weighted by molar-refractivity contribution is -0.147. The van der Waals surface area contributed by atoms with Crippen molar-refractivity contribution in [2.75, 3.05) is 26.9 Å². The van der Waals surface area contributed by atoms with E-state index in [0.29, 0.717) is 38.5 Å². The highest BCUT2D eigenvalue weighted by atomic mass is 35.5. The Morgan fingerprint density at radius 1 is 1.47 bits per heavy atom. The molecule has 7 nitrogen and oxygen atoms in total. The molecule has 0 radical (unpaired) electrons. The lowest BCUT2D eigenvalue weighted by Crippen LogP contribution is -2.41. The number of alkyl halides is 2. The first-order valence-electron chi connectivity index (χ1n) is 9.48. The fourth-order valence-corrected chi connectivity index (χ4v) is 3.94. The standard InChI is InChI=1S/C20H22ClF2N5O2/c1-29-10-13(24)7-25-9-18-27-16-8-26-15-3-2-12(21)6-14(15)19(16)28(18)17-4-5-30-11-20(17,22)23/h2-3,6-8,17,25H,4-5,9-11,24H2,1H3/b13-7-. The van der Waals surface area contributed by atoms with Crippen LogP contribution in [0.25, 0.3) is 21.9 Å². The Kier molecular flexibility index (Phi) is 5.77. The van der Waals surface area contributed by atoms with Gasteiger partial charge in [-0.1, -0.05) is 11.6 Å². The van der Waals surface area contributed by atoms with Crippen LogP contribution in [-0.2, 0) is 16.0 Å². The van der Waals surface area contributed by atoms with E-state index in [9.17, 15) is 8.78 Å². The largest absolute Gasteiger partial charge is 0.399 e. The number of ether oxygens (including phenoxy) is 2. The van der Waals surface area contributed by atoms with Crippen molar-refractivity contribution in [2.24, 2.45) is 5.73 Å². The van der Waals surface area contributed by atoms with E-state index in [-0.39, 0.29) is 26.2 Å². The van der Waals surface area contributed by atoms with Gasteiger partial charge in [-0.3, -0.25) is 4.98 Å². The Bertz CT molecular complexity index is 1100. The summed E-state index contributed by atoms with van der Waals surface area (Å²) in [4.78, 5) is 9.00. The Balaban J connectivity index is 1.87. The average Bonchev–Trinajstić information content (AvgIpc) is 3.06. The third-order valence-corrected chi connectivity index (χ3v) is 5.27. The second kappa shape index (κ2) is 8.33. The molecule has 1 aliphatic heterocycles. The summed E-state index contributed by atoms with van der Waals surface area (Å²) in [6, 6.07) is 4.12. The van der Waals surface area contributed by atoms with Crippen molar-refractivity contribution in [3.63, 3.8) is 0 Å². The Morgan fingerprint density at radius 2 is 2.30 bits per heavy atom. The van der Waals surface area contributed by atoms with E-state index in [0.717, 1.165) is 0 Å². The Hall–Kier alpha value is -2.49. The minimum absolute atomic E-state index is 0.164. The molecule has 3 N–H and O–H groups in total. The number of imidazole rings is 1. The van der Waals surface area contributed by atoms with Crippen LogP contribution in [0.1, 0.15) is 18.3 Å². The molecule has 0 aliphatic carbocycles. The molecule has 1 atom stereocenters. The fourth-order valence-electron chi connectivity index (χ4n) is 3.77. The summed E-state index contributed by atoms with van der Waals surface area (Å²) < 4.78 is 41.4. The molecule has 1 unspecified atom stereocenters. The zero-order valence-corrected chi connectivity index (χ0v) is 17.1. The van der Waals surface area contributed by atoms with E-state index < -0.39 is 18.6 Å². The molecule has 10 heteroatoms. The van der Waals surface area contributed by atoms with Gasteiger partial charge in [-0.25, -0.2) is 13.8 Å². The predicted octanol–water partition coefficient (Wildman–Crippen LogP) is 3.37. The highest BCUT2D eigenvalue weighted by Gasteiger charge is 2.45. The lowest BCUT2D eigenvalue weighted by atomic mass is 10.0. The normalized spacial score (nSPS) is 19.5. The molecule has 4 rings (SSSR count). The number of rotatable bonds is 6. The highest BCUT2D eigenvalue weighted by Crippen LogP contribution is 2.40. The Morgan fingerprint density at radius 3 is 3.07 bits per heavy atom. The van der Waals surface area contributed by atoms with Crippen LogP contribution in [0, 0.1) is 0 Å². The third-order valence-electron chi connectivity index (χ3n) is 5.04. The number of methoxy groups -OCH3 is 1. The van der Waals surface area contributed by atoms with Crippen molar-refractivity contribution in [1.29, 1.82) is 0 Å². The van der Waals surface area contributed by atoms with Crippen molar-refractivity contribution < 1.29 is 18.3 Å². The number of nitrogens with one attached hydrogen (secondary N) is 1. The minimum Gasteiger partial charge on any atom is -0.399 e. The number of aromatic nitrogens is 3. The van der Waals surface area contributed by atoms with E-state index >= 15 is 0 Å². The topological polar surface area (TPSA) is 87.2 Å². The van der Waals surface area contributed by atoms with Crippen LogP contribution in [-0.4, -0.2) is 47.4 Å². The van der Waals surface area contributed by atoms with Crippen molar-refractivity contribution in [3.8, 4) is 0 Å². The van der Waals surface area contributed by atoms with E-state index in [4.69, 9.17) is 26.8 Å². The average molecular weight is 438 g/mol. The first-order valence-corrected chi connectivity index (χ1v) is 9.86. The second-order valence-electron chi connectivity index (χ2n) is 7.20. The summed E-state index contributed by atoms with van der Waals surface area (Å²) in [5.41, 5.74) is 8.07. The van der Waals surface area contributed by atoms with Crippen LogP contribution >= 0.6 is 11.6 Å². The van der Waals surface area contributed by atoms with Gasteiger partial charge in [-0.15, -0.1) is 0 Å². The van der Waals surface area contributed by atoms with Crippen LogP contribution in [0.15, 0.2) is 36.3 Å². The summed E-state index contributed by atoms with van der Waals surface area (Å²) in [6.45, 7) is 0.0784. The fraction of sp³-hybridized carbons (Fsp3) is 0.400. The van der Waals surface area contributed by atoms with Gasteiger partial charge in [-0.05, 0) is 24.6 Å². The van der Waals surface area contributed by atoms with E-state index in [1.807, 2.05) is 0 Å². The molecule has 1 aromatic carbocycles. The molecular weight excluding hydrogens is 416 g/mol. The molecular formula is C20H22ClF2N5O2. The SMILES string of the molecule is COC/C(N)=C/NCc1nc2cnc3ccc(Cl)cc3c2n1C1CCOCC1(F)F. The van der Waals surface area contributed by atoms with Crippen LogP contribution in [0.3, 0.4) is 0 Å². The van der Waals surface area contributed by atoms with Gasteiger partial charge in [0.2, 0.25) is 0 Å². The van der Waals surface area contributed by atoms with Crippen molar-refractivity contribution >= 4 is 33.5 Å². The maximum atomic E-state index is 14.9. The Labute approximate surface area is 176 Å². The molecule has 2 aromatic heterocycles. The third kappa shape index (κ3) is 3.92.